The third kappa shape index (κ3) is 5.35. The number of halogens is 1. The van der Waals surface area contributed by atoms with Crippen LogP contribution in [0, 0.1) is 0 Å². The fourth-order valence-electron chi connectivity index (χ4n) is 3.59. The van der Waals surface area contributed by atoms with Crippen molar-refractivity contribution in [2.24, 2.45) is 5.73 Å². The minimum absolute atomic E-state index is 0. The van der Waals surface area contributed by atoms with E-state index in [1.165, 1.54) is 12.1 Å². The summed E-state index contributed by atoms with van der Waals surface area (Å²) in [4.78, 5) is 9.72. The van der Waals surface area contributed by atoms with Gasteiger partial charge in [-0.05, 0) is 36.2 Å². The summed E-state index contributed by atoms with van der Waals surface area (Å²) in [6.07, 6.45) is 0.988. The summed E-state index contributed by atoms with van der Waals surface area (Å²) in [7, 11) is -2.22. The molecule has 1 aromatic heterocycles. The van der Waals surface area contributed by atoms with E-state index in [4.69, 9.17) is 19.8 Å². The maximum Gasteiger partial charge on any atom is 0.262 e. The van der Waals surface area contributed by atoms with Gasteiger partial charge < -0.3 is 15.0 Å². The van der Waals surface area contributed by atoms with Crippen molar-refractivity contribution in [1.29, 1.82) is 0 Å². The number of fused-ring (bicyclic) bond motifs is 1. The highest BCUT2D eigenvalue weighted by Crippen LogP contribution is 2.32. The van der Waals surface area contributed by atoms with Crippen LogP contribution >= 0.6 is 12.4 Å². The van der Waals surface area contributed by atoms with Gasteiger partial charge in [-0.2, -0.15) is 0 Å². The SMILES string of the molecule is COc1cc(CN2CCC(N)C2)cc2onc(CONS(=O)(=O)c3ccccc3)c12.Cl. The van der Waals surface area contributed by atoms with Gasteiger partial charge in [-0.25, -0.2) is 8.42 Å². The number of ether oxygens (including phenoxy) is 1. The normalized spacial score (nSPS) is 17.0. The van der Waals surface area contributed by atoms with Crippen LogP contribution in [0.3, 0.4) is 0 Å². The van der Waals surface area contributed by atoms with Crippen LogP contribution in [-0.4, -0.2) is 44.7 Å². The molecule has 9 nitrogen and oxygen atoms in total. The van der Waals surface area contributed by atoms with Crippen molar-refractivity contribution >= 4 is 33.4 Å². The van der Waals surface area contributed by atoms with Crippen molar-refractivity contribution in [2.75, 3.05) is 20.2 Å². The first-order chi connectivity index (χ1) is 14.5. The Bertz CT molecular complexity index is 1120. The van der Waals surface area contributed by atoms with Gasteiger partial charge in [-0.1, -0.05) is 28.2 Å². The second kappa shape index (κ2) is 9.94. The van der Waals surface area contributed by atoms with E-state index in [0.717, 1.165) is 31.6 Å². The molecule has 4 rings (SSSR count). The van der Waals surface area contributed by atoms with Gasteiger partial charge in [0.1, 0.15) is 18.1 Å². The Hall–Kier alpha value is -2.21. The first kappa shape index (κ1) is 23.5. The van der Waals surface area contributed by atoms with E-state index in [-0.39, 0.29) is 30.0 Å². The van der Waals surface area contributed by atoms with Gasteiger partial charge in [0.15, 0.2) is 5.58 Å². The highest BCUT2D eigenvalue weighted by atomic mass is 35.5. The number of methoxy groups -OCH3 is 1. The van der Waals surface area contributed by atoms with Gasteiger partial charge in [-0.3, -0.25) is 9.74 Å². The average molecular weight is 469 g/mol. The number of hydrogen-bond donors (Lipinski definition) is 2. The summed E-state index contributed by atoms with van der Waals surface area (Å²) in [5.74, 6) is 0.594. The number of aromatic nitrogens is 1. The molecular weight excluding hydrogens is 444 g/mol. The first-order valence-corrected chi connectivity index (χ1v) is 11.1. The maximum absolute atomic E-state index is 12.3. The summed E-state index contributed by atoms with van der Waals surface area (Å²) in [5, 5.41) is 4.68. The van der Waals surface area contributed by atoms with Crippen LogP contribution in [0.1, 0.15) is 17.7 Å². The number of sulfonamides is 1. The lowest BCUT2D eigenvalue weighted by Gasteiger charge is -2.15. The molecule has 0 radical (unpaired) electrons. The molecule has 0 aliphatic carbocycles. The molecule has 2 heterocycles. The number of likely N-dealkylation sites (tertiary alicyclic amines) is 1. The Morgan fingerprint density at radius 1 is 1.29 bits per heavy atom. The predicted molar refractivity (Wildman–Crippen MR) is 117 cm³/mol. The lowest BCUT2D eigenvalue weighted by atomic mass is 10.1. The number of benzene rings is 2. The molecule has 31 heavy (non-hydrogen) atoms. The van der Waals surface area contributed by atoms with Crippen LogP contribution in [0.15, 0.2) is 51.9 Å². The highest BCUT2D eigenvalue weighted by Gasteiger charge is 2.21. The number of nitrogens with zero attached hydrogens (tertiary/aromatic N) is 2. The molecule has 1 atom stereocenters. The molecule has 1 saturated heterocycles. The number of nitrogens with one attached hydrogen (secondary N) is 1. The molecule has 0 bridgehead atoms. The largest absolute Gasteiger partial charge is 0.496 e. The molecule has 0 spiro atoms. The van der Waals surface area contributed by atoms with Crippen LogP contribution in [-0.2, 0) is 28.0 Å². The molecule has 2 aromatic carbocycles. The zero-order valence-electron chi connectivity index (χ0n) is 17.0. The van der Waals surface area contributed by atoms with Crippen LogP contribution in [0.2, 0.25) is 0 Å². The summed E-state index contributed by atoms with van der Waals surface area (Å²) in [5.41, 5.74) is 8.01. The summed E-state index contributed by atoms with van der Waals surface area (Å²) in [6, 6.07) is 12.0. The van der Waals surface area contributed by atoms with Crippen LogP contribution in [0.25, 0.3) is 11.0 Å². The third-order valence-corrected chi connectivity index (χ3v) is 6.26. The van der Waals surface area contributed by atoms with E-state index in [1.54, 1.807) is 25.3 Å². The van der Waals surface area contributed by atoms with Gasteiger partial charge in [0.25, 0.3) is 10.0 Å². The minimum Gasteiger partial charge on any atom is -0.496 e. The molecule has 1 unspecified atom stereocenters. The Morgan fingerprint density at radius 2 is 2.06 bits per heavy atom. The molecule has 168 valence electrons. The summed E-state index contributed by atoms with van der Waals surface area (Å²) >= 11 is 0. The maximum atomic E-state index is 12.3. The van der Waals surface area contributed by atoms with Crippen molar-refractivity contribution in [3.63, 3.8) is 0 Å². The molecule has 1 aliphatic rings. The van der Waals surface area contributed by atoms with E-state index < -0.39 is 10.0 Å². The topological polar surface area (TPSA) is 120 Å². The van der Waals surface area contributed by atoms with Crippen LogP contribution < -0.4 is 15.4 Å². The average Bonchev–Trinajstić information content (AvgIpc) is 3.34. The number of rotatable bonds is 8. The van der Waals surface area contributed by atoms with Crippen molar-refractivity contribution in [2.45, 2.75) is 30.5 Å². The zero-order valence-corrected chi connectivity index (χ0v) is 18.6. The monoisotopic (exact) mass is 468 g/mol. The molecule has 1 aliphatic heterocycles. The molecule has 1 fully saturated rings. The molecule has 11 heteroatoms. The van der Waals surface area contributed by atoms with Gasteiger partial charge in [0, 0.05) is 25.7 Å². The summed E-state index contributed by atoms with van der Waals surface area (Å²) < 4.78 is 35.5. The Kier molecular flexibility index (Phi) is 7.52. The fourth-order valence-corrected chi connectivity index (χ4v) is 4.41. The van der Waals surface area contributed by atoms with Crippen LogP contribution in [0.5, 0.6) is 5.75 Å². The molecule has 3 N–H and O–H groups in total. The smallest absolute Gasteiger partial charge is 0.262 e. The van der Waals surface area contributed by atoms with Gasteiger partial charge in [0.05, 0.1) is 17.4 Å². The van der Waals surface area contributed by atoms with E-state index >= 15 is 0 Å². The molecular formula is C20H25ClN4O5S. The van der Waals surface area contributed by atoms with Crippen molar-refractivity contribution < 1.29 is 22.5 Å². The first-order valence-electron chi connectivity index (χ1n) is 9.58. The Labute approximate surface area is 186 Å². The minimum atomic E-state index is -3.78. The lowest BCUT2D eigenvalue weighted by molar-refractivity contribution is 0.0760. The van der Waals surface area contributed by atoms with Gasteiger partial charge in [0.2, 0.25) is 0 Å². The fraction of sp³-hybridized carbons (Fsp3) is 0.350. The Balaban J connectivity index is 0.00000272. The van der Waals surface area contributed by atoms with E-state index in [0.29, 0.717) is 22.4 Å². The lowest BCUT2D eigenvalue weighted by Crippen LogP contribution is -2.26. The van der Waals surface area contributed by atoms with E-state index in [1.807, 2.05) is 12.1 Å². The second-order valence-electron chi connectivity index (χ2n) is 7.27. The summed E-state index contributed by atoms with van der Waals surface area (Å²) in [6.45, 7) is 2.44. The molecule has 0 amide bonds. The van der Waals surface area contributed by atoms with E-state index in [2.05, 4.69) is 14.9 Å². The van der Waals surface area contributed by atoms with E-state index in [9.17, 15) is 8.42 Å². The quantitative estimate of drug-likeness (QED) is 0.483. The molecule has 0 saturated carbocycles. The van der Waals surface area contributed by atoms with Gasteiger partial charge >= 0.3 is 0 Å². The third-order valence-electron chi connectivity index (χ3n) is 5.03. The molecule has 3 aromatic rings. The van der Waals surface area contributed by atoms with Crippen molar-refractivity contribution in [3.05, 3.63) is 53.7 Å². The highest BCUT2D eigenvalue weighted by molar-refractivity contribution is 7.89. The van der Waals surface area contributed by atoms with Crippen molar-refractivity contribution in [3.8, 4) is 5.75 Å². The predicted octanol–water partition coefficient (Wildman–Crippen LogP) is 2.20. The number of nitrogens with two attached hydrogens (primary N) is 1. The zero-order chi connectivity index (χ0) is 21.1. The second-order valence-corrected chi connectivity index (χ2v) is 8.92. The Morgan fingerprint density at radius 3 is 2.74 bits per heavy atom. The van der Waals surface area contributed by atoms with Crippen molar-refractivity contribution in [1.82, 2.24) is 14.9 Å². The standard InChI is InChI=1S/C20H24N4O5S.ClH/c1-27-18-9-14(11-24-8-7-15(21)12-24)10-19-20(18)17(22-29-19)13-28-23-30(25,26)16-5-3-2-4-6-16;/h2-6,9-10,15,23H,7-8,11-13,21H2,1H3;1H. The number of hydrogen-bond acceptors (Lipinski definition) is 8. The van der Waals surface area contributed by atoms with Gasteiger partial charge in [-0.15, -0.1) is 12.4 Å². The van der Waals surface area contributed by atoms with Crippen LogP contribution in [0.4, 0.5) is 0 Å².